The predicted molar refractivity (Wildman–Crippen MR) is 89.2 cm³/mol. The van der Waals surface area contributed by atoms with Crippen molar-refractivity contribution in [2.24, 2.45) is 5.41 Å². The van der Waals surface area contributed by atoms with Crippen molar-refractivity contribution in [2.75, 3.05) is 32.8 Å². The van der Waals surface area contributed by atoms with Gasteiger partial charge in [-0.1, -0.05) is 34.6 Å². The number of nitrogens with one attached hydrogen (secondary N) is 1. The van der Waals surface area contributed by atoms with E-state index >= 15 is 0 Å². The lowest BCUT2D eigenvalue weighted by Gasteiger charge is -2.40. The molecule has 2 N–H and O–H groups in total. The van der Waals surface area contributed by atoms with Crippen LogP contribution in [0.5, 0.6) is 0 Å². The number of hydrogen-bond donors (Lipinski definition) is 2. The van der Waals surface area contributed by atoms with Crippen molar-refractivity contribution in [2.45, 2.75) is 72.8 Å². The number of aliphatic hydroxyl groups is 1. The molecule has 3 heteroatoms. The first-order valence-electron chi connectivity index (χ1n) is 8.68. The zero-order valence-corrected chi connectivity index (χ0v) is 14.5. The zero-order valence-electron chi connectivity index (χ0n) is 14.5. The van der Waals surface area contributed by atoms with E-state index in [1.807, 2.05) is 0 Å². The molecule has 0 aliphatic heterocycles. The summed E-state index contributed by atoms with van der Waals surface area (Å²) in [6.45, 7) is 15.7. The minimum Gasteiger partial charge on any atom is -0.395 e. The highest BCUT2D eigenvalue weighted by Gasteiger charge is 2.30. The Morgan fingerprint density at radius 1 is 1.05 bits per heavy atom. The van der Waals surface area contributed by atoms with Gasteiger partial charge in [-0.15, -0.1) is 0 Å². The molecule has 0 unspecified atom stereocenters. The second-order valence-electron chi connectivity index (χ2n) is 6.05. The molecule has 122 valence electrons. The third-order valence-electron chi connectivity index (χ3n) is 4.81. The van der Waals surface area contributed by atoms with Gasteiger partial charge in [0, 0.05) is 25.7 Å². The van der Waals surface area contributed by atoms with Crippen LogP contribution in [0.4, 0.5) is 0 Å². The van der Waals surface area contributed by atoms with Gasteiger partial charge in [0.05, 0.1) is 6.61 Å². The molecular weight excluding hydrogens is 248 g/mol. The van der Waals surface area contributed by atoms with Crippen molar-refractivity contribution < 1.29 is 5.11 Å². The first kappa shape index (κ1) is 19.9. The van der Waals surface area contributed by atoms with E-state index in [4.69, 9.17) is 0 Å². The number of hydrogen-bond acceptors (Lipinski definition) is 3. The molecule has 0 atom stereocenters. The van der Waals surface area contributed by atoms with Gasteiger partial charge >= 0.3 is 0 Å². The minimum atomic E-state index is 0.266. The lowest BCUT2D eigenvalue weighted by molar-refractivity contribution is 0.0758. The fraction of sp³-hybridized carbons (Fsp3) is 1.00. The molecule has 0 amide bonds. The van der Waals surface area contributed by atoms with Crippen molar-refractivity contribution in [3.05, 3.63) is 0 Å². The van der Waals surface area contributed by atoms with Crippen LogP contribution in [0.2, 0.25) is 0 Å². The van der Waals surface area contributed by atoms with Crippen molar-refractivity contribution in [3.8, 4) is 0 Å². The van der Waals surface area contributed by atoms with Gasteiger partial charge in [-0.3, -0.25) is 4.90 Å². The van der Waals surface area contributed by atoms with Crippen molar-refractivity contribution in [3.63, 3.8) is 0 Å². The minimum absolute atomic E-state index is 0.266. The Morgan fingerprint density at radius 3 is 2.05 bits per heavy atom. The summed E-state index contributed by atoms with van der Waals surface area (Å²) in [5.74, 6) is 0. The van der Waals surface area contributed by atoms with E-state index in [1.165, 1.54) is 32.1 Å². The van der Waals surface area contributed by atoms with Crippen LogP contribution in [0.25, 0.3) is 0 Å². The number of rotatable bonds is 13. The third kappa shape index (κ3) is 6.55. The van der Waals surface area contributed by atoms with Gasteiger partial charge in [0.15, 0.2) is 0 Å². The smallest absolute Gasteiger partial charge is 0.0558 e. The lowest BCUT2D eigenvalue weighted by atomic mass is 9.81. The molecule has 0 fully saturated rings. The lowest BCUT2D eigenvalue weighted by Crippen LogP contribution is -2.48. The van der Waals surface area contributed by atoms with Gasteiger partial charge in [0.2, 0.25) is 0 Å². The molecule has 0 aromatic rings. The average Bonchev–Trinajstić information content (AvgIpc) is 2.47. The van der Waals surface area contributed by atoms with Gasteiger partial charge in [0.25, 0.3) is 0 Å². The Bertz CT molecular complexity index is 213. The normalized spacial score (nSPS) is 12.6. The average molecular weight is 287 g/mol. The molecule has 0 aliphatic carbocycles. The van der Waals surface area contributed by atoms with E-state index in [0.29, 0.717) is 11.5 Å². The summed E-state index contributed by atoms with van der Waals surface area (Å²) in [6, 6.07) is 0.603. The van der Waals surface area contributed by atoms with Gasteiger partial charge in [-0.05, 0) is 44.1 Å². The van der Waals surface area contributed by atoms with Gasteiger partial charge in [-0.25, -0.2) is 0 Å². The highest BCUT2D eigenvalue weighted by atomic mass is 16.3. The Kier molecular flexibility index (Phi) is 11.5. The molecule has 3 nitrogen and oxygen atoms in total. The maximum absolute atomic E-state index is 9.38. The van der Waals surface area contributed by atoms with E-state index in [9.17, 15) is 5.11 Å². The first-order valence-corrected chi connectivity index (χ1v) is 8.68. The second kappa shape index (κ2) is 11.5. The molecule has 20 heavy (non-hydrogen) atoms. The molecule has 0 heterocycles. The molecule has 0 radical (unpaired) electrons. The largest absolute Gasteiger partial charge is 0.395 e. The Morgan fingerprint density at radius 2 is 1.65 bits per heavy atom. The second-order valence-corrected chi connectivity index (χ2v) is 6.05. The van der Waals surface area contributed by atoms with Gasteiger partial charge < -0.3 is 10.4 Å². The SMILES string of the molecule is CCCNCC(CC)(CC)CN(CCO)C(CC)CC. The van der Waals surface area contributed by atoms with Crippen LogP contribution in [0.15, 0.2) is 0 Å². The van der Waals surface area contributed by atoms with E-state index in [-0.39, 0.29) is 6.61 Å². The summed E-state index contributed by atoms with van der Waals surface area (Å²) >= 11 is 0. The van der Waals surface area contributed by atoms with Crippen molar-refractivity contribution in [1.82, 2.24) is 10.2 Å². The van der Waals surface area contributed by atoms with Crippen LogP contribution in [0.1, 0.15) is 66.7 Å². The fourth-order valence-corrected chi connectivity index (χ4v) is 3.06. The van der Waals surface area contributed by atoms with Crippen LogP contribution in [-0.2, 0) is 0 Å². The summed E-state index contributed by atoms with van der Waals surface area (Å²) in [6.07, 6.45) is 5.92. The predicted octanol–water partition coefficient (Wildman–Crippen LogP) is 3.28. The van der Waals surface area contributed by atoms with Gasteiger partial charge in [0.1, 0.15) is 0 Å². The van der Waals surface area contributed by atoms with E-state index in [0.717, 1.165) is 26.2 Å². The quantitative estimate of drug-likeness (QED) is 0.510. The van der Waals surface area contributed by atoms with Crippen molar-refractivity contribution >= 4 is 0 Å². The highest BCUT2D eigenvalue weighted by Crippen LogP contribution is 2.28. The molecular formula is C17H38N2O. The molecule has 0 spiro atoms. The van der Waals surface area contributed by atoms with E-state index < -0.39 is 0 Å². The topological polar surface area (TPSA) is 35.5 Å². The Balaban J connectivity index is 4.78. The summed E-state index contributed by atoms with van der Waals surface area (Å²) < 4.78 is 0. The van der Waals surface area contributed by atoms with Crippen LogP contribution < -0.4 is 5.32 Å². The van der Waals surface area contributed by atoms with Gasteiger partial charge in [-0.2, -0.15) is 0 Å². The molecule has 0 bridgehead atoms. The Labute approximate surface area is 127 Å². The summed E-state index contributed by atoms with van der Waals surface area (Å²) in [5.41, 5.74) is 0.340. The number of aliphatic hydroxyl groups excluding tert-OH is 1. The van der Waals surface area contributed by atoms with E-state index in [2.05, 4.69) is 44.8 Å². The molecule has 0 aromatic carbocycles. The monoisotopic (exact) mass is 286 g/mol. The van der Waals surface area contributed by atoms with Crippen LogP contribution in [0.3, 0.4) is 0 Å². The maximum Gasteiger partial charge on any atom is 0.0558 e. The molecule has 0 aliphatic rings. The zero-order chi connectivity index (χ0) is 15.4. The standard InChI is InChI=1S/C17H38N2O/c1-6-11-18-14-17(9-4,10-5)15-19(12-13-20)16(7-2)8-3/h16,18,20H,6-15H2,1-5H3. The highest BCUT2D eigenvalue weighted by molar-refractivity contribution is 4.85. The number of nitrogens with zero attached hydrogens (tertiary/aromatic N) is 1. The van der Waals surface area contributed by atoms with Crippen LogP contribution >= 0.6 is 0 Å². The fourth-order valence-electron chi connectivity index (χ4n) is 3.06. The van der Waals surface area contributed by atoms with Crippen molar-refractivity contribution in [1.29, 1.82) is 0 Å². The molecule has 0 saturated carbocycles. The summed E-state index contributed by atoms with van der Waals surface area (Å²) in [7, 11) is 0. The third-order valence-corrected chi connectivity index (χ3v) is 4.81. The Hall–Kier alpha value is -0.120. The molecule has 0 rings (SSSR count). The maximum atomic E-state index is 9.38. The van der Waals surface area contributed by atoms with Crippen LogP contribution in [-0.4, -0.2) is 48.8 Å². The first-order chi connectivity index (χ1) is 9.62. The van der Waals surface area contributed by atoms with Crippen LogP contribution in [0, 0.1) is 5.41 Å². The molecule has 0 aromatic heterocycles. The van der Waals surface area contributed by atoms with E-state index in [1.54, 1.807) is 0 Å². The summed E-state index contributed by atoms with van der Waals surface area (Å²) in [5, 5.41) is 13.0. The molecule has 0 saturated heterocycles. The summed E-state index contributed by atoms with van der Waals surface area (Å²) in [4.78, 5) is 2.51.